The first-order valence-corrected chi connectivity index (χ1v) is 17.1. The molecule has 204 valence electrons. The van der Waals surface area contributed by atoms with E-state index in [2.05, 4.69) is 41.1 Å². The van der Waals surface area contributed by atoms with E-state index in [1.807, 2.05) is 25.2 Å². The zero-order valence-electron chi connectivity index (χ0n) is 22.6. The number of fused-ring (bicyclic) bond motifs is 2. The van der Waals surface area contributed by atoms with E-state index in [-0.39, 0.29) is 18.5 Å². The summed E-state index contributed by atoms with van der Waals surface area (Å²) < 4.78 is 9.64. The zero-order chi connectivity index (χ0) is 27.9. The summed E-state index contributed by atoms with van der Waals surface area (Å²) in [6, 6.07) is 9.17. The molecule has 0 radical (unpaired) electrons. The Morgan fingerprint density at radius 3 is 2.77 bits per heavy atom. The Kier molecular flexibility index (Phi) is 7.37. The van der Waals surface area contributed by atoms with Gasteiger partial charge in [-0.25, -0.2) is 4.98 Å². The summed E-state index contributed by atoms with van der Waals surface area (Å²) >= 11 is 7.06. The average molecular weight is 566 g/mol. The van der Waals surface area contributed by atoms with Crippen molar-refractivity contribution in [2.75, 3.05) is 11.9 Å². The molecule has 0 atom stereocenters. The molecule has 1 aliphatic rings. The van der Waals surface area contributed by atoms with Gasteiger partial charge in [0, 0.05) is 45.1 Å². The standard InChI is InChI=1S/C27H32ClN7O3Si/c1-33-21-6-5-18(13-19(21)14-31-33)23-24-25(32-20-11-17(12-20)7-8-29)22(35(36)37)15-30-27(24)34(26(23)28)16-38-9-10-39(2,3)4/h5-6,13-15,17,20H,7,9-12,16H2,1-4H3,(H,30,32)/t17-,20+. The van der Waals surface area contributed by atoms with Gasteiger partial charge in [-0.15, -0.1) is 0 Å². The topological polar surface area (TPSA) is 124 Å². The number of nitro groups is 1. The Morgan fingerprint density at radius 1 is 1.31 bits per heavy atom. The van der Waals surface area contributed by atoms with Crippen LogP contribution in [0.2, 0.25) is 30.8 Å². The minimum Gasteiger partial charge on any atom is -0.376 e. The maximum atomic E-state index is 12.2. The van der Waals surface area contributed by atoms with Gasteiger partial charge in [0.05, 0.1) is 28.1 Å². The van der Waals surface area contributed by atoms with Crippen LogP contribution in [0.3, 0.4) is 0 Å². The highest BCUT2D eigenvalue weighted by Gasteiger charge is 2.33. The summed E-state index contributed by atoms with van der Waals surface area (Å²) in [5, 5.41) is 30.9. The van der Waals surface area contributed by atoms with E-state index < -0.39 is 13.0 Å². The summed E-state index contributed by atoms with van der Waals surface area (Å²) in [5.74, 6) is 0.296. The lowest BCUT2D eigenvalue weighted by atomic mass is 9.78. The smallest absolute Gasteiger partial charge is 0.311 e. The van der Waals surface area contributed by atoms with E-state index in [0.29, 0.717) is 46.4 Å². The molecule has 3 aromatic heterocycles. The molecule has 1 saturated carbocycles. The summed E-state index contributed by atoms with van der Waals surface area (Å²) in [5.41, 5.74) is 3.26. The molecule has 5 rings (SSSR count). The molecule has 4 aromatic rings. The number of pyridine rings is 1. The van der Waals surface area contributed by atoms with Crippen molar-refractivity contribution in [3.05, 3.63) is 45.9 Å². The first-order valence-electron chi connectivity index (χ1n) is 13.1. The molecule has 0 saturated heterocycles. The highest BCUT2D eigenvalue weighted by molar-refractivity contribution is 6.76. The fraction of sp³-hybridized carbons (Fsp3) is 0.444. The van der Waals surface area contributed by atoms with E-state index >= 15 is 0 Å². The third-order valence-electron chi connectivity index (χ3n) is 7.40. The molecule has 1 aromatic carbocycles. The number of nitrogens with one attached hydrogen (secondary N) is 1. The van der Waals surface area contributed by atoms with Crippen LogP contribution in [0.5, 0.6) is 0 Å². The van der Waals surface area contributed by atoms with Crippen LogP contribution in [0.15, 0.2) is 30.6 Å². The zero-order valence-corrected chi connectivity index (χ0v) is 24.3. The van der Waals surface area contributed by atoms with Crippen LogP contribution >= 0.6 is 11.6 Å². The number of ether oxygens (including phenoxy) is 1. The van der Waals surface area contributed by atoms with E-state index in [4.69, 9.17) is 21.6 Å². The fourth-order valence-electron chi connectivity index (χ4n) is 5.14. The molecule has 0 bridgehead atoms. The van der Waals surface area contributed by atoms with E-state index in [1.165, 1.54) is 6.20 Å². The van der Waals surface area contributed by atoms with Gasteiger partial charge >= 0.3 is 5.69 Å². The molecule has 0 aliphatic heterocycles. The van der Waals surface area contributed by atoms with Gasteiger partial charge < -0.3 is 10.1 Å². The normalized spacial score (nSPS) is 17.3. The summed E-state index contributed by atoms with van der Waals surface area (Å²) in [6.07, 6.45) is 5.12. The number of rotatable bonds is 10. The SMILES string of the molecule is Cn1ncc2cc(-c3c(Cl)n(COCC[Si](C)(C)C)c4ncc([N+](=O)[O-])c(N[C@H]5C[C@@H](CC#N)C5)c34)ccc21. The number of hydrogen-bond acceptors (Lipinski definition) is 7. The Bertz CT molecular complexity index is 1600. The number of hydrogen-bond donors (Lipinski definition) is 1. The van der Waals surface area contributed by atoms with Crippen LogP contribution in [0.25, 0.3) is 33.1 Å². The monoisotopic (exact) mass is 565 g/mol. The molecule has 10 nitrogen and oxygen atoms in total. The van der Waals surface area contributed by atoms with E-state index in [0.717, 1.165) is 35.4 Å². The minimum atomic E-state index is -1.29. The van der Waals surface area contributed by atoms with Crippen molar-refractivity contribution >= 4 is 53.0 Å². The molecule has 0 spiro atoms. The Labute approximate surface area is 232 Å². The van der Waals surface area contributed by atoms with Gasteiger partial charge in [-0.3, -0.25) is 19.4 Å². The third-order valence-corrected chi connectivity index (χ3v) is 9.50. The molecule has 0 amide bonds. The molecule has 1 N–H and O–H groups in total. The molecule has 3 heterocycles. The second-order valence-electron chi connectivity index (χ2n) is 11.5. The van der Waals surface area contributed by atoms with Crippen LogP contribution in [0.1, 0.15) is 19.3 Å². The molecular formula is C27H32ClN7O3Si. The van der Waals surface area contributed by atoms with Crippen molar-refractivity contribution in [3.8, 4) is 17.2 Å². The maximum absolute atomic E-state index is 12.2. The number of anilines is 1. The number of nitriles is 1. The van der Waals surface area contributed by atoms with Gasteiger partial charge in [0.2, 0.25) is 0 Å². The largest absolute Gasteiger partial charge is 0.376 e. The van der Waals surface area contributed by atoms with E-state index in [1.54, 1.807) is 15.4 Å². The van der Waals surface area contributed by atoms with Gasteiger partial charge in [0.1, 0.15) is 29.4 Å². The van der Waals surface area contributed by atoms with Crippen molar-refractivity contribution in [2.45, 2.75) is 57.7 Å². The second-order valence-corrected chi connectivity index (χ2v) is 17.5. The maximum Gasteiger partial charge on any atom is 0.311 e. The Hall–Kier alpha value is -3.46. The van der Waals surface area contributed by atoms with Gasteiger partial charge in [-0.2, -0.15) is 10.4 Å². The van der Waals surface area contributed by atoms with Crippen molar-refractivity contribution in [1.29, 1.82) is 5.26 Å². The first kappa shape index (κ1) is 27.1. The lowest BCUT2D eigenvalue weighted by molar-refractivity contribution is -0.384. The van der Waals surface area contributed by atoms with Crippen molar-refractivity contribution in [2.24, 2.45) is 13.0 Å². The molecular weight excluding hydrogens is 534 g/mol. The lowest BCUT2D eigenvalue weighted by Crippen LogP contribution is -2.35. The van der Waals surface area contributed by atoms with Gasteiger partial charge in [-0.1, -0.05) is 37.3 Å². The quantitative estimate of drug-likeness (QED) is 0.0997. The summed E-state index contributed by atoms with van der Waals surface area (Å²) in [6.45, 7) is 7.67. The van der Waals surface area contributed by atoms with Crippen molar-refractivity contribution in [3.63, 3.8) is 0 Å². The number of aromatic nitrogens is 4. The average Bonchev–Trinajstić information content (AvgIpc) is 3.36. The Morgan fingerprint density at radius 2 is 2.08 bits per heavy atom. The van der Waals surface area contributed by atoms with Crippen molar-refractivity contribution < 1.29 is 9.66 Å². The first-order chi connectivity index (χ1) is 18.6. The van der Waals surface area contributed by atoms with Crippen LogP contribution in [0.4, 0.5) is 11.4 Å². The molecule has 1 aliphatic carbocycles. The number of aryl methyl sites for hydroxylation is 1. The number of nitrogens with zero attached hydrogens (tertiary/aromatic N) is 6. The number of halogens is 1. The fourth-order valence-corrected chi connectivity index (χ4v) is 6.23. The predicted octanol–water partition coefficient (Wildman–Crippen LogP) is 6.57. The van der Waals surface area contributed by atoms with E-state index in [9.17, 15) is 10.1 Å². The second kappa shape index (κ2) is 10.6. The van der Waals surface area contributed by atoms with Crippen molar-refractivity contribution in [1.82, 2.24) is 19.3 Å². The third kappa shape index (κ3) is 5.37. The molecule has 39 heavy (non-hydrogen) atoms. The number of benzene rings is 1. The van der Waals surface area contributed by atoms with Crippen LogP contribution in [-0.2, 0) is 18.5 Å². The molecule has 12 heteroatoms. The lowest BCUT2D eigenvalue weighted by Gasteiger charge is -2.35. The minimum absolute atomic E-state index is 0.0245. The predicted molar refractivity (Wildman–Crippen MR) is 156 cm³/mol. The highest BCUT2D eigenvalue weighted by atomic mass is 35.5. The summed E-state index contributed by atoms with van der Waals surface area (Å²) in [4.78, 5) is 16.3. The van der Waals surface area contributed by atoms with Crippen LogP contribution in [0, 0.1) is 27.4 Å². The van der Waals surface area contributed by atoms with Gasteiger partial charge in [-0.05, 0) is 42.5 Å². The summed E-state index contributed by atoms with van der Waals surface area (Å²) in [7, 11) is 0.594. The van der Waals surface area contributed by atoms with Gasteiger partial charge in [0.25, 0.3) is 0 Å². The Balaban J connectivity index is 1.64. The van der Waals surface area contributed by atoms with Gasteiger partial charge in [0.15, 0.2) is 0 Å². The van der Waals surface area contributed by atoms with Crippen LogP contribution in [-0.4, -0.2) is 45.0 Å². The molecule has 1 fully saturated rings. The highest BCUT2D eigenvalue weighted by Crippen LogP contribution is 2.46. The van der Waals surface area contributed by atoms with Crippen LogP contribution < -0.4 is 5.32 Å². The molecule has 0 unspecified atom stereocenters.